The smallest absolute Gasteiger partial charge is 0.161 e. The third-order valence-electron chi connectivity index (χ3n) is 3.24. The van der Waals surface area contributed by atoms with Gasteiger partial charge in [-0.15, -0.1) is 0 Å². The minimum absolute atomic E-state index is 0.100. The molecule has 0 N–H and O–H groups in total. The van der Waals surface area contributed by atoms with Crippen LogP contribution in [0.2, 0.25) is 0 Å². The Morgan fingerprint density at radius 3 is 2.19 bits per heavy atom. The van der Waals surface area contributed by atoms with Crippen LogP contribution in [-0.2, 0) is 0 Å². The van der Waals surface area contributed by atoms with Crippen LogP contribution >= 0.6 is 47.8 Å². The van der Waals surface area contributed by atoms with Crippen LogP contribution in [0.15, 0.2) is 45.3 Å². The van der Waals surface area contributed by atoms with Crippen LogP contribution in [0.3, 0.4) is 0 Å². The topological polar surface area (TPSA) is 18.5 Å². The van der Waals surface area contributed by atoms with Crippen molar-refractivity contribution in [2.24, 2.45) is 0 Å². The lowest BCUT2D eigenvalue weighted by atomic mass is 10.0. The highest BCUT2D eigenvalue weighted by atomic mass is 79.9. The van der Waals surface area contributed by atoms with Gasteiger partial charge in [-0.05, 0) is 41.5 Å². The SMILES string of the molecule is Brc1cc(Br)cc(C(Br)c2ccc3c(c2)OCCCO3)c1. The van der Waals surface area contributed by atoms with Crippen molar-refractivity contribution in [2.45, 2.75) is 11.2 Å². The van der Waals surface area contributed by atoms with Crippen LogP contribution < -0.4 is 9.47 Å². The summed E-state index contributed by atoms with van der Waals surface area (Å²) in [6.45, 7) is 1.41. The normalized spacial score (nSPS) is 15.4. The Kier molecular flexibility index (Phi) is 4.92. The van der Waals surface area contributed by atoms with Gasteiger partial charge < -0.3 is 9.47 Å². The third-order valence-corrected chi connectivity index (χ3v) is 5.21. The van der Waals surface area contributed by atoms with Gasteiger partial charge in [0, 0.05) is 15.4 Å². The molecule has 1 aliphatic rings. The van der Waals surface area contributed by atoms with Crippen LogP contribution in [0.5, 0.6) is 11.5 Å². The maximum atomic E-state index is 5.76. The highest BCUT2D eigenvalue weighted by Gasteiger charge is 2.16. The van der Waals surface area contributed by atoms with E-state index in [0.29, 0.717) is 13.2 Å². The van der Waals surface area contributed by atoms with E-state index in [-0.39, 0.29) is 4.83 Å². The highest BCUT2D eigenvalue weighted by Crippen LogP contribution is 2.38. The minimum atomic E-state index is 0.100. The molecule has 5 heteroatoms. The molecule has 110 valence electrons. The van der Waals surface area contributed by atoms with Crippen LogP contribution in [0.25, 0.3) is 0 Å². The van der Waals surface area contributed by atoms with Gasteiger partial charge >= 0.3 is 0 Å². The molecule has 2 aromatic rings. The Hall–Kier alpha value is -0.520. The Balaban J connectivity index is 1.94. The zero-order chi connectivity index (χ0) is 14.8. The minimum Gasteiger partial charge on any atom is -0.490 e. The second-order valence-electron chi connectivity index (χ2n) is 4.82. The van der Waals surface area contributed by atoms with Gasteiger partial charge in [-0.25, -0.2) is 0 Å². The van der Waals surface area contributed by atoms with Crippen molar-refractivity contribution < 1.29 is 9.47 Å². The number of alkyl halides is 1. The zero-order valence-electron chi connectivity index (χ0n) is 11.1. The summed E-state index contributed by atoms with van der Waals surface area (Å²) in [7, 11) is 0. The number of halogens is 3. The maximum absolute atomic E-state index is 5.76. The molecule has 1 aliphatic heterocycles. The number of hydrogen-bond acceptors (Lipinski definition) is 2. The van der Waals surface area contributed by atoms with Crippen molar-refractivity contribution in [3.63, 3.8) is 0 Å². The van der Waals surface area contributed by atoms with Crippen molar-refractivity contribution in [2.75, 3.05) is 13.2 Å². The van der Waals surface area contributed by atoms with Crippen molar-refractivity contribution >= 4 is 47.8 Å². The number of benzene rings is 2. The van der Waals surface area contributed by atoms with Gasteiger partial charge in [0.25, 0.3) is 0 Å². The average Bonchev–Trinajstić information content (AvgIpc) is 2.69. The van der Waals surface area contributed by atoms with Gasteiger partial charge in [0.05, 0.1) is 18.0 Å². The lowest BCUT2D eigenvalue weighted by Crippen LogP contribution is -1.97. The summed E-state index contributed by atoms with van der Waals surface area (Å²) < 4.78 is 13.5. The van der Waals surface area contributed by atoms with Crippen molar-refractivity contribution in [1.82, 2.24) is 0 Å². The van der Waals surface area contributed by atoms with Gasteiger partial charge in [0.2, 0.25) is 0 Å². The molecule has 3 rings (SSSR count). The summed E-state index contributed by atoms with van der Waals surface area (Å²) in [6.07, 6.45) is 0.917. The molecule has 0 bridgehead atoms. The first-order valence-corrected chi connectivity index (χ1v) is 9.13. The fourth-order valence-electron chi connectivity index (χ4n) is 2.25. The molecule has 0 spiro atoms. The lowest BCUT2D eigenvalue weighted by Gasteiger charge is -2.14. The van der Waals surface area contributed by atoms with E-state index in [1.807, 2.05) is 12.1 Å². The maximum Gasteiger partial charge on any atom is 0.161 e. The summed E-state index contributed by atoms with van der Waals surface area (Å²) >= 11 is 10.8. The van der Waals surface area contributed by atoms with Crippen molar-refractivity contribution in [3.05, 3.63) is 56.5 Å². The summed E-state index contributed by atoms with van der Waals surface area (Å²) in [5.41, 5.74) is 2.31. The molecule has 0 saturated carbocycles. The quantitative estimate of drug-likeness (QED) is 0.506. The lowest BCUT2D eigenvalue weighted by molar-refractivity contribution is 0.297. The summed E-state index contributed by atoms with van der Waals surface area (Å²) in [5.74, 6) is 1.65. The summed E-state index contributed by atoms with van der Waals surface area (Å²) in [5, 5.41) is 0. The fourth-order valence-corrected chi connectivity index (χ4v) is 4.13. The number of hydrogen-bond donors (Lipinski definition) is 0. The van der Waals surface area contributed by atoms with E-state index in [2.05, 4.69) is 72.1 Å². The predicted molar refractivity (Wildman–Crippen MR) is 94.7 cm³/mol. The largest absolute Gasteiger partial charge is 0.490 e. The molecular weight excluding hydrogens is 464 g/mol. The molecule has 0 aromatic heterocycles. The Bertz CT molecular complexity index is 638. The van der Waals surface area contributed by atoms with E-state index in [1.165, 1.54) is 5.56 Å². The first-order chi connectivity index (χ1) is 10.1. The van der Waals surface area contributed by atoms with Gasteiger partial charge in [-0.1, -0.05) is 53.9 Å². The molecule has 0 radical (unpaired) electrons. The van der Waals surface area contributed by atoms with E-state index < -0.39 is 0 Å². The number of rotatable bonds is 2. The second-order valence-corrected chi connectivity index (χ2v) is 7.57. The number of ether oxygens (including phenoxy) is 2. The molecule has 1 atom stereocenters. The third kappa shape index (κ3) is 3.63. The van der Waals surface area contributed by atoms with E-state index in [9.17, 15) is 0 Å². The predicted octanol–water partition coefficient (Wildman–Crippen LogP) is 5.86. The van der Waals surface area contributed by atoms with Gasteiger partial charge in [-0.2, -0.15) is 0 Å². The molecule has 0 aliphatic carbocycles. The molecule has 0 fully saturated rings. The average molecular weight is 477 g/mol. The molecule has 2 nitrogen and oxygen atoms in total. The Morgan fingerprint density at radius 2 is 1.48 bits per heavy atom. The Morgan fingerprint density at radius 1 is 0.810 bits per heavy atom. The molecule has 1 unspecified atom stereocenters. The first-order valence-electron chi connectivity index (χ1n) is 6.63. The summed E-state index contributed by atoms with van der Waals surface area (Å²) in [6, 6.07) is 12.3. The first kappa shape index (κ1) is 15.4. The van der Waals surface area contributed by atoms with Gasteiger partial charge in [0.1, 0.15) is 0 Å². The molecular formula is C16H13Br3O2. The molecule has 0 saturated heterocycles. The molecule has 0 amide bonds. The van der Waals surface area contributed by atoms with Crippen LogP contribution in [0.1, 0.15) is 22.4 Å². The van der Waals surface area contributed by atoms with Crippen LogP contribution in [0.4, 0.5) is 0 Å². The van der Waals surface area contributed by atoms with Gasteiger partial charge in [0.15, 0.2) is 11.5 Å². The van der Waals surface area contributed by atoms with E-state index in [4.69, 9.17) is 9.47 Å². The van der Waals surface area contributed by atoms with Crippen LogP contribution in [0, 0.1) is 0 Å². The van der Waals surface area contributed by atoms with Crippen LogP contribution in [-0.4, -0.2) is 13.2 Å². The van der Waals surface area contributed by atoms with E-state index in [1.54, 1.807) is 0 Å². The van der Waals surface area contributed by atoms with Crippen molar-refractivity contribution in [1.29, 1.82) is 0 Å². The molecule has 2 aromatic carbocycles. The zero-order valence-corrected chi connectivity index (χ0v) is 15.9. The monoisotopic (exact) mass is 474 g/mol. The van der Waals surface area contributed by atoms with E-state index >= 15 is 0 Å². The van der Waals surface area contributed by atoms with Crippen molar-refractivity contribution in [3.8, 4) is 11.5 Å². The summed E-state index contributed by atoms with van der Waals surface area (Å²) in [4.78, 5) is 0.100. The second kappa shape index (κ2) is 6.71. The fraction of sp³-hybridized carbons (Fsp3) is 0.250. The van der Waals surface area contributed by atoms with Gasteiger partial charge in [-0.3, -0.25) is 0 Å². The Labute approximate surface area is 149 Å². The highest BCUT2D eigenvalue weighted by molar-refractivity contribution is 9.11. The number of fused-ring (bicyclic) bond motifs is 1. The van der Waals surface area contributed by atoms with E-state index in [0.717, 1.165) is 32.4 Å². The molecule has 21 heavy (non-hydrogen) atoms. The standard InChI is InChI=1S/C16H13Br3O2/c17-12-6-11(7-13(18)9-12)16(19)10-2-3-14-15(8-10)21-5-1-4-20-14/h2-3,6-9,16H,1,4-5H2. The molecule has 1 heterocycles.